The fourth-order valence-corrected chi connectivity index (χ4v) is 4.26. The van der Waals surface area contributed by atoms with Crippen molar-refractivity contribution in [3.05, 3.63) is 54.4 Å². The zero-order chi connectivity index (χ0) is 20.4. The number of carbonyl (C=O) groups excluding carboxylic acids is 1. The Labute approximate surface area is 171 Å². The van der Waals surface area contributed by atoms with E-state index in [-0.39, 0.29) is 17.9 Å². The Balaban J connectivity index is 1.54. The molecule has 3 aromatic rings. The normalized spacial score (nSPS) is 17.5. The molecule has 0 N–H and O–H groups in total. The SMILES string of the molecule is COc1ccc([C@H]2CCCN2C(=O)[C@H](C)Cn2cnc3ccccc32)c(OC)c1. The van der Waals surface area contributed by atoms with Gasteiger partial charge in [0.05, 0.1) is 43.5 Å². The number of fused-ring (bicyclic) bond motifs is 1. The second-order valence-electron chi connectivity index (χ2n) is 7.58. The summed E-state index contributed by atoms with van der Waals surface area (Å²) in [5.41, 5.74) is 3.05. The topological polar surface area (TPSA) is 56.6 Å². The van der Waals surface area contributed by atoms with Gasteiger partial charge in [-0.15, -0.1) is 0 Å². The number of ether oxygens (including phenoxy) is 2. The molecule has 0 radical (unpaired) electrons. The molecule has 2 heterocycles. The summed E-state index contributed by atoms with van der Waals surface area (Å²) >= 11 is 0. The summed E-state index contributed by atoms with van der Waals surface area (Å²) in [6.45, 7) is 3.38. The monoisotopic (exact) mass is 393 g/mol. The van der Waals surface area contributed by atoms with Gasteiger partial charge in [0.25, 0.3) is 0 Å². The van der Waals surface area contributed by atoms with Crippen molar-refractivity contribution in [1.82, 2.24) is 14.5 Å². The first-order valence-corrected chi connectivity index (χ1v) is 10.0. The van der Waals surface area contributed by atoms with E-state index in [9.17, 15) is 4.79 Å². The summed E-state index contributed by atoms with van der Waals surface area (Å²) in [5.74, 6) is 1.55. The van der Waals surface area contributed by atoms with Gasteiger partial charge in [-0.1, -0.05) is 19.1 Å². The molecule has 0 saturated carbocycles. The van der Waals surface area contributed by atoms with Crippen LogP contribution in [-0.2, 0) is 11.3 Å². The van der Waals surface area contributed by atoms with E-state index in [2.05, 4.69) is 9.55 Å². The van der Waals surface area contributed by atoms with Crippen LogP contribution >= 0.6 is 0 Å². The number of rotatable bonds is 6. The van der Waals surface area contributed by atoms with Crippen molar-refractivity contribution < 1.29 is 14.3 Å². The molecule has 1 aromatic heterocycles. The quantitative estimate of drug-likeness (QED) is 0.634. The van der Waals surface area contributed by atoms with Gasteiger partial charge in [-0.2, -0.15) is 0 Å². The number of para-hydroxylation sites is 2. The van der Waals surface area contributed by atoms with Crippen LogP contribution in [0.25, 0.3) is 11.0 Å². The summed E-state index contributed by atoms with van der Waals surface area (Å²) in [5, 5.41) is 0. The maximum absolute atomic E-state index is 13.3. The molecule has 1 aliphatic heterocycles. The molecule has 0 bridgehead atoms. The highest BCUT2D eigenvalue weighted by atomic mass is 16.5. The van der Waals surface area contributed by atoms with Gasteiger partial charge in [-0.25, -0.2) is 4.98 Å². The molecule has 29 heavy (non-hydrogen) atoms. The lowest BCUT2D eigenvalue weighted by atomic mass is 10.0. The van der Waals surface area contributed by atoms with Gasteiger partial charge in [0.15, 0.2) is 0 Å². The van der Waals surface area contributed by atoms with Crippen LogP contribution < -0.4 is 9.47 Å². The van der Waals surface area contributed by atoms with Crippen LogP contribution in [0.1, 0.15) is 31.4 Å². The van der Waals surface area contributed by atoms with Crippen LogP contribution in [0.15, 0.2) is 48.8 Å². The number of aromatic nitrogens is 2. The lowest BCUT2D eigenvalue weighted by Gasteiger charge is -2.29. The van der Waals surface area contributed by atoms with Crippen LogP contribution in [0.5, 0.6) is 11.5 Å². The molecule has 152 valence electrons. The third kappa shape index (κ3) is 3.67. The van der Waals surface area contributed by atoms with E-state index in [0.29, 0.717) is 6.54 Å². The molecule has 0 unspecified atom stereocenters. The van der Waals surface area contributed by atoms with E-state index in [1.54, 1.807) is 14.2 Å². The average molecular weight is 393 g/mol. The summed E-state index contributed by atoms with van der Waals surface area (Å²) in [4.78, 5) is 19.8. The summed E-state index contributed by atoms with van der Waals surface area (Å²) in [6.07, 6.45) is 3.75. The molecule has 0 aliphatic carbocycles. The third-order valence-corrected chi connectivity index (χ3v) is 5.76. The fourth-order valence-electron chi connectivity index (χ4n) is 4.26. The average Bonchev–Trinajstić information content (AvgIpc) is 3.40. The van der Waals surface area contributed by atoms with Gasteiger partial charge >= 0.3 is 0 Å². The molecular weight excluding hydrogens is 366 g/mol. The number of hydrogen-bond donors (Lipinski definition) is 0. The number of hydrogen-bond acceptors (Lipinski definition) is 4. The predicted molar refractivity (Wildman–Crippen MR) is 112 cm³/mol. The third-order valence-electron chi connectivity index (χ3n) is 5.76. The predicted octanol–water partition coefficient (Wildman–Crippen LogP) is 4.05. The highest BCUT2D eigenvalue weighted by molar-refractivity contribution is 5.80. The number of likely N-dealkylation sites (tertiary alicyclic amines) is 1. The number of nitrogens with zero attached hydrogens (tertiary/aromatic N) is 3. The van der Waals surface area contributed by atoms with Crippen LogP contribution in [0.3, 0.4) is 0 Å². The Bertz CT molecular complexity index is 1010. The molecule has 2 aromatic carbocycles. The number of amides is 1. The van der Waals surface area contributed by atoms with Crippen LogP contribution in [-0.4, -0.2) is 41.1 Å². The molecule has 0 spiro atoms. The van der Waals surface area contributed by atoms with E-state index >= 15 is 0 Å². The Morgan fingerprint density at radius 1 is 1.21 bits per heavy atom. The highest BCUT2D eigenvalue weighted by Gasteiger charge is 2.34. The van der Waals surface area contributed by atoms with E-state index in [1.807, 2.05) is 60.6 Å². The standard InChI is InChI=1S/C23H27N3O3/c1-16(14-25-15-24-19-7-4-5-8-21(19)25)23(27)26-12-6-9-20(26)18-11-10-17(28-2)13-22(18)29-3/h4-5,7-8,10-11,13,15-16,20H,6,9,12,14H2,1-3H3/t16-,20-/m1/s1. The van der Waals surface area contributed by atoms with Crippen LogP contribution in [0.2, 0.25) is 0 Å². The van der Waals surface area contributed by atoms with Crippen molar-refractivity contribution in [1.29, 1.82) is 0 Å². The van der Waals surface area contributed by atoms with Crippen molar-refractivity contribution in [2.24, 2.45) is 5.92 Å². The van der Waals surface area contributed by atoms with E-state index in [1.165, 1.54) is 0 Å². The minimum atomic E-state index is -0.141. The second kappa shape index (κ2) is 8.15. The molecule has 1 saturated heterocycles. The summed E-state index contributed by atoms with van der Waals surface area (Å²) < 4.78 is 13.0. The molecule has 6 heteroatoms. The fraction of sp³-hybridized carbons (Fsp3) is 0.391. The Morgan fingerprint density at radius 2 is 2.03 bits per heavy atom. The van der Waals surface area contributed by atoms with Crippen LogP contribution in [0.4, 0.5) is 0 Å². The van der Waals surface area contributed by atoms with Gasteiger partial charge in [0.2, 0.25) is 5.91 Å². The Morgan fingerprint density at radius 3 is 2.83 bits per heavy atom. The van der Waals surface area contributed by atoms with Gasteiger partial charge in [-0.3, -0.25) is 4.79 Å². The minimum Gasteiger partial charge on any atom is -0.497 e. The lowest BCUT2D eigenvalue weighted by Crippen LogP contribution is -2.36. The number of methoxy groups -OCH3 is 2. The largest absolute Gasteiger partial charge is 0.497 e. The van der Waals surface area contributed by atoms with Gasteiger partial charge in [-0.05, 0) is 37.1 Å². The Kier molecular flexibility index (Phi) is 5.43. The molecule has 6 nitrogen and oxygen atoms in total. The lowest BCUT2D eigenvalue weighted by molar-refractivity contribution is -0.136. The smallest absolute Gasteiger partial charge is 0.227 e. The van der Waals surface area contributed by atoms with Crippen molar-refractivity contribution in [3.8, 4) is 11.5 Å². The van der Waals surface area contributed by atoms with Crippen molar-refractivity contribution >= 4 is 16.9 Å². The highest BCUT2D eigenvalue weighted by Crippen LogP contribution is 2.39. The van der Waals surface area contributed by atoms with Gasteiger partial charge in [0.1, 0.15) is 11.5 Å². The van der Waals surface area contributed by atoms with E-state index < -0.39 is 0 Å². The molecular formula is C23H27N3O3. The first-order chi connectivity index (χ1) is 14.1. The Hall–Kier alpha value is -3.02. The number of benzene rings is 2. The molecule has 4 rings (SSSR count). The second-order valence-corrected chi connectivity index (χ2v) is 7.58. The zero-order valence-electron chi connectivity index (χ0n) is 17.2. The van der Waals surface area contributed by atoms with Gasteiger partial charge in [0, 0.05) is 24.7 Å². The van der Waals surface area contributed by atoms with Crippen molar-refractivity contribution in [2.45, 2.75) is 32.4 Å². The maximum Gasteiger partial charge on any atom is 0.227 e. The zero-order valence-corrected chi connectivity index (χ0v) is 17.2. The first-order valence-electron chi connectivity index (χ1n) is 10.0. The van der Waals surface area contributed by atoms with Crippen molar-refractivity contribution in [2.75, 3.05) is 20.8 Å². The molecule has 2 atom stereocenters. The number of carbonyl (C=O) groups is 1. The maximum atomic E-state index is 13.3. The number of imidazole rings is 1. The van der Waals surface area contributed by atoms with E-state index in [0.717, 1.165) is 47.5 Å². The molecule has 1 aliphatic rings. The summed E-state index contributed by atoms with van der Waals surface area (Å²) in [7, 11) is 3.30. The minimum absolute atomic E-state index is 0.0327. The van der Waals surface area contributed by atoms with Crippen LogP contribution in [0, 0.1) is 5.92 Å². The molecule has 1 fully saturated rings. The van der Waals surface area contributed by atoms with E-state index in [4.69, 9.17) is 9.47 Å². The molecule has 1 amide bonds. The first kappa shape index (κ1) is 19.3. The van der Waals surface area contributed by atoms with Crippen molar-refractivity contribution in [3.63, 3.8) is 0 Å². The van der Waals surface area contributed by atoms with Gasteiger partial charge < -0.3 is 18.9 Å². The summed E-state index contributed by atoms with van der Waals surface area (Å²) in [6, 6.07) is 13.9.